The zero-order valence-electron chi connectivity index (χ0n) is 19.7. The summed E-state index contributed by atoms with van der Waals surface area (Å²) >= 11 is 0. The van der Waals surface area contributed by atoms with Gasteiger partial charge in [-0.15, -0.1) is 0 Å². The van der Waals surface area contributed by atoms with Crippen LogP contribution in [-0.2, 0) is 4.79 Å². The topological polar surface area (TPSA) is 50.8 Å². The molecule has 0 aliphatic carbocycles. The van der Waals surface area contributed by atoms with Crippen LogP contribution >= 0.6 is 0 Å². The lowest BCUT2D eigenvalue weighted by atomic mass is 9.97. The standard InChI is InChI=1S/C28H29FN2O3/c1-4-31(5-2)15-16-34-21-12-9-19(10-13-21)17-23-22-18-20(11-14-25(22)30-28(23)32)27-24(29)7-6-8-26(27)33-3/h6-14,17-18H,4-5,15-16H2,1-3H3,(H,30,32)/b23-17-. The zero-order chi connectivity index (χ0) is 24.1. The monoisotopic (exact) mass is 460 g/mol. The highest BCUT2D eigenvalue weighted by atomic mass is 19.1. The van der Waals surface area contributed by atoms with Crippen molar-refractivity contribution in [2.75, 3.05) is 38.7 Å². The van der Waals surface area contributed by atoms with E-state index in [-0.39, 0.29) is 11.7 Å². The maximum atomic E-state index is 14.6. The molecular formula is C28H29FN2O3. The highest BCUT2D eigenvalue weighted by molar-refractivity contribution is 6.35. The fraction of sp³-hybridized carbons (Fsp3) is 0.250. The third-order valence-corrected chi connectivity index (χ3v) is 6.05. The van der Waals surface area contributed by atoms with Gasteiger partial charge in [-0.2, -0.15) is 0 Å². The average molecular weight is 461 g/mol. The maximum absolute atomic E-state index is 14.6. The van der Waals surface area contributed by atoms with Crippen LogP contribution in [0.25, 0.3) is 22.8 Å². The van der Waals surface area contributed by atoms with Crippen LogP contribution in [0, 0.1) is 5.82 Å². The molecule has 0 atom stereocenters. The van der Waals surface area contributed by atoms with Gasteiger partial charge in [0.15, 0.2) is 0 Å². The Morgan fingerprint density at radius 1 is 1.03 bits per heavy atom. The summed E-state index contributed by atoms with van der Waals surface area (Å²) in [5.41, 5.74) is 3.86. The van der Waals surface area contributed by atoms with Crippen molar-refractivity contribution < 1.29 is 18.7 Å². The van der Waals surface area contributed by atoms with Crippen molar-refractivity contribution in [2.45, 2.75) is 13.8 Å². The number of amides is 1. The number of anilines is 1. The number of rotatable bonds is 9. The molecule has 3 aromatic rings. The molecule has 0 radical (unpaired) electrons. The van der Waals surface area contributed by atoms with Gasteiger partial charge in [0.1, 0.15) is 23.9 Å². The molecule has 6 heteroatoms. The quantitative estimate of drug-likeness (QED) is 0.415. The number of methoxy groups -OCH3 is 1. The SMILES string of the molecule is CCN(CC)CCOc1ccc(/C=C2\C(=O)Nc3ccc(-c4c(F)cccc4OC)cc32)cc1. The van der Waals surface area contributed by atoms with E-state index >= 15 is 0 Å². The Kier molecular flexibility index (Phi) is 7.28. The Labute approximate surface area is 199 Å². The van der Waals surface area contributed by atoms with Crippen LogP contribution in [0.4, 0.5) is 10.1 Å². The van der Waals surface area contributed by atoms with Crippen molar-refractivity contribution in [1.29, 1.82) is 0 Å². The molecular weight excluding hydrogens is 431 g/mol. The van der Waals surface area contributed by atoms with E-state index in [0.29, 0.717) is 34.7 Å². The number of hydrogen-bond donors (Lipinski definition) is 1. The molecule has 1 amide bonds. The van der Waals surface area contributed by atoms with Crippen LogP contribution in [0.1, 0.15) is 25.0 Å². The molecule has 4 rings (SSSR count). The normalized spacial score (nSPS) is 13.8. The Hall–Kier alpha value is -3.64. The van der Waals surface area contributed by atoms with E-state index in [0.717, 1.165) is 36.5 Å². The van der Waals surface area contributed by atoms with E-state index in [9.17, 15) is 9.18 Å². The van der Waals surface area contributed by atoms with Crippen molar-refractivity contribution in [1.82, 2.24) is 4.90 Å². The Bertz CT molecular complexity index is 1200. The van der Waals surface area contributed by atoms with Crippen LogP contribution in [0.3, 0.4) is 0 Å². The Balaban J connectivity index is 1.57. The summed E-state index contributed by atoms with van der Waals surface area (Å²) in [7, 11) is 1.51. The van der Waals surface area contributed by atoms with Gasteiger partial charge in [-0.1, -0.05) is 38.1 Å². The van der Waals surface area contributed by atoms with Crippen LogP contribution in [0.5, 0.6) is 11.5 Å². The summed E-state index contributed by atoms with van der Waals surface area (Å²) in [5.74, 6) is 0.671. The molecule has 0 saturated heterocycles. The molecule has 0 spiro atoms. The highest BCUT2D eigenvalue weighted by Gasteiger charge is 2.25. The van der Waals surface area contributed by atoms with Crippen LogP contribution in [0.15, 0.2) is 60.7 Å². The number of nitrogens with one attached hydrogen (secondary N) is 1. The molecule has 34 heavy (non-hydrogen) atoms. The third-order valence-electron chi connectivity index (χ3n) is 6.05. The van der Waals surface area contributed by atoms with Crippen molar-refractivity contribution in [3.05, 3.63) is 77.6 Å². The van der Waals surface area contributed by atoms with Crippen molar-refractivity contribution in [2.24, 2.45) is 0 Å². The minimum atomic E-state index is -0.376. The van der Waals surface area contributed by atoms with Crippen LogP contribution < -0.4 is 14.8 Å². The van der Waals surface area contributed by atoms with E-state index in [1.54, 1.807) is 24.3 Å². The van der Waals surface area contributed by atoms with Gasteiger partial charge in [0.05, 0.1) is 12.7 Å². The summed E-state index contributed by atoms with van der Waals surface area (Å²) in [6.45, 7) is 7.78. The first-order valence-electron chi connectivity index (χ1n) is 11.5. The van der Waals surface area contributed by atoms with Gasteiger partial charge in [-0.3, -0.25) is 4.79 Å². The molecule has 3 aromatic carbocycles. The summed E-state index contributed by atoms with van der Waals surface area (Å²) in [6, 6.07) is 17.8. The zero-order valence-corrected chi connectivity index (χ0v) is 19.7. The number of halogens is 1. The predicted molar refractivity (Wildman–Crippen MR) is 135 cm³/mol. The van der Waals surface area contributed by atoms with Crippen molar-refractivity contribution in [3.63, 3.8) is 0 Å². The van der Waals surface area contributed by atoms with Gasteiger partial charge in [0, 0.05) is 23.4 Å². The van der Waals surface area contributed by atoms with Crippen LogP contribution in [-0.4, -0.2) is 44.2 Å². The highest BCUT2D eigenvalue weighted by Crippen LogP contribution is 2.39. The smallest absolute Gasteiger partial charge is 0.256 e. The fourth-order valence-electron chi connectivity index (χ4n) is 4.10. The van der Waals surface area contributed by atoms with Gasteiger partial charge < -0.3 is 19.7 Å². The molecule has 0 bridgehead atoms. The summed E-state index contributed by atoms with van der Waals surface area (Å²) in [4.78, 5) is 15.0. The number of fused-ring (bicyclic) bond motifs is 1. The maximum Gasteiger partial charge on any atom is 0.256 e. The van der Waals surface area contributed by atoms with Crippen molar-refractivity contribution >= 4 is 23.2 Å². The lowest BCUT2D eigenvalue weighted by Crippen LogP contribution is -2.27. The molecule has 0 fully saturated rings. The molecule has 1 N–H and O–H groups in total. The summed E-state index contributed by atoms with van der Waals surface area (Å²) in [6.07, 6.45) is 1.84. The molecule has 1 aliphatic rings. The fourth-order valence-corrected chi connectivity index (χ4v) is 4.10. The summed E-state index contributed by atoms with van der Waals surface area (Å²) < 4.78 is 25.8. The Morgan fingerprint density at radius 2 is 1.79 bits per heavy atom. The molecule has 0 unspecified atom stereocenters. The molecule has 0 saturated carbocycles. The van der Waals surface area contributed by atoms with Gasteiger partial charge in [-0.05, 0) is 66.7 Å². The second kappa shape index (κ2) is 10.5. The minimum Gasteiger partial charge on any atom is -0.496 e. The number of ether oxygens (including phenoxy) is 2. The second-order valence-electron chi connectivity index (χ2n) is 8.03. The largest absolute Gasteiger partial charge is 0.496 e. The second-order valence-corrected chi connectivity index (χ2v) is 8.03. The Morgan fingerprint density at radius 3 is 2.50 bits per heavy atom. The van der Waals surface area contributed by atoms with E-state index in [1.807, 2.05) is 36.4 Å². The first-order valence-corrected chi connectivity index (χ1v) is 11.5. The first kappa shape index (κ1) is 23.5. The molecule has 1 heterocycles. The number of likely N-dealkylation sites (N-methyl/N-ethyl adjacent to an activating group) is 1. The van der Waals surface area contributed by atoms with E-state index < -0.39 is 0 Å². The number of hydrogen-bond acceptors (Lipinski definition) is 4. The van der Waals surface area contributed by atoms with Crippen molar-refractivity contribution in [3.8, 4) is 22.6 Å². The van der Waals surface area contributed by atoms with E-state index in [1.165, 1.54) is 13.2 Å². The molecule has 0 aromatic heterocycles. The van der Waals surface area contributed by atoms with Gasteiger partial charge in [-0.25, -0.2) is 4.39 Å². The lowest BCUT2D eigenvalue weighted by molar-refractivity contribution is -0.110. The van der Waals surface area contributed by atoms with Gasteiger partial charge in [0.25, 0.3) is 5.91 Å². The summed E-state index contributed by atoms with van der Waals surface area (Å²) in [5, 5.41) is 2.89. The van der Waals surface area contributed by atoms with E-state index in [2.05, 4.69) is 24.1 Å². The van der Waals surface area contributed by atoms with Crippen LogP contribution in [0.2, 0.25) is 0 Å². The van der Waals surface area contributed by atoms with E-state index in [4.69, 9.17) is 9.47 Å². The number of benzene rings is 3. The average Bonchev–Trinajstić information content (AvgIpc) is 3.16. The molecule has 1 aliphatic heterocycles. The minimum absolute atomic E-state index is 0.188. The molecule has 176 valence electrons. The lowest BCUT2D eigenvalue weighted by Gasteiger charge is -2.18. The first-order chi connectivity index (χ1) is 16.5. The molecule has 5 nitrogen and oxygen atoms in total. The number of carbonyl (C=O) groups excluding carboxylic acids is 1. The predicted octanol–water partition coefficient (Wildman–Crippen LogP) is 5.71. The number of carbonyl (C=O) groups is 1. The third kappa shape index (κ3) is 4.97. The number of nitrogens with zero attached hydrogens (tertiary/aromatic N) is 1. The van der Waals surface area contributed by atoms with Gasteiger partial charge in [0.2, 0.25) is 0 Å². The van der Waals surface area contributed by atoms with Gasteiger partial charge >= 0.3 is 0 Å².